The summed E-state index contributed by atoms with van der Waals surface area (Å²) in [5.41, 5.74) is 0.934. The van der Waals surface area contributed by atoms with Crippen molar-refractivity contribution in [1.82, 2.24) is 4.98 Å². The van der Waals surface area contributed by atoms with Gasteiger partial charge in [0, 0.05) is 13.0 Å². The lowest BCUT2D eigenvalue weighted by Crippen LogP contribution is -1.95. The molecule has 0 aliphatic heterocycles. The molecule has 24 heavy (non-hydrogen) atoms. The number of hydrogen-bond donors (Lipinski definition) is 0. The van der Waals surface area contributed by atoms with Gasteiger partial charge < -0.3 is 13.9 Å². The SMILES string of the molecule is C=C(C)/C=C\C(=C)Oc1cccc(OCc2cnc(C)o2)c1.CC. The monoisotopic (exact) mass is 327 g/mol. The van der Waals surface area contributed by atoms with E-state index >= 15 is 0 Å². The summed E-state index contributed by atoms with van der Waals surface area (Å²) in [6.45, 7) is 15.6. The molecule has 0 N–H and O–H groups in total. The number of rotatable bonds is 7. The zero-order valence-electron chi connectivity index (χ0n) is 14.8. The van der Waals surface area contributed by atoms with Crippen LogP contribution in [-0.2, 0) is 6.61 Å². The van der Waals surface area contributed by atoms with Gasteiger partial charge in [-0.25, -0.2) is 4.98 Å². The van der Waals surface area contributed by atoms with Crippen LogP contribution in [0.4, 0.5) is 0 Å². The number of aromatic nitrogens is 1. The summed E-state index contributed by atoms with van der Waals surface area (Å²) in [4.78, 5) is 4.02. The number of ether oxygens (including phenoxy) is 2. The molecule has 1 aromatic carbocycles. The number of hydrogen-bond acceptors (Lipinski definition) is 4. The van der Waals surface area contributed by atoms with Gasteiger partial charge in [0.05, 0.1) is 6.20 Å². The largest absolute Gasteiger partial charge is 0.485 e. The van der Waals surface area contributed by atoms with Crippen LogP contribution in [0.5, 0.6) is 11.5 Å². The van der Waals surface area contributed by atoms with E-state index in [1.165, 1.54) is 0 Å². The van der Waals surface area contributed by atoms with Crippen molar-refractivity contribution in [3.63, 3.8) is 0 Å². The fourth-order valence-electron chi connectivity index (χ4n) is 1.67. The predicted molar refractivity (Wildman–Crippen MR) is 97.1 cm³/mol. The highest BCUT2D eigenvalue weighted by atomic mass is 16.5. The Morgan fingerprint density at radius 2 is 1.92 bits per heavy atom. The fourth-order valence-corrected chi connectivity index (χ4v) is 1.67. The maximum absolute atomic E-state index is 5.65. The maximum Gasteiger partial charge on any atom is 0.191 e. The topological polar surface area (TPSA) is 44.5 Å². The summed E-state index contributed by atoms with van der Waals surface area (Å²) < 4.78 is 16.6. The van der Waals surface area contributed by atoms with Crippen molar-refractivity contribution in [2.45, 2.75) is 34.3 Å². The molecular formula is C20H25NO3. The summed E-state index contributed by atoms with van der Waals surface area (Å²) in [6.07, 6.45) is 5.27. The predicted octanol–water partition coefficient (Wildman–Crippen LogP) is 5.61. The second-order valence-corrected chi connectivity index (χ2v) is 4.86. The molecule has 0 amide bonds. The number of aryl methyl sites for hydroxylation is 1. The molecule has 0 spiro atoms. The summed E-state index contributed by atoms with van der Waals surface area (Å²) in [6, 6.07) is 7.34. The second-order valence-electron chi connectivity index (χ2n) is 4.86. The van der Waals surface area contributed by atoms with Gasteiger partial charge in [-0.1, -0.05) is 44.7 Å². The maximum atomic E-state index is 5.65. The van der Waals surface area contributed by atoms with Gasteiger partial charge in [0.1, 0.15) is 23.9 Å². The van der Waals surface area contributed by atoms with E-state index in [4.69, 9.17) is 13.9 Å². The molecule has 1 heterocycles. The van der Waals surface area contributed by atoms with Gasteiger partial charge in [-0.3, -0.25) is 0 Å². The van der Waals surface area contributed by atoms with Crippen molar-refractivity contribution in [1.29, 1.82) is 0 Å². The average Bonchev–Trinajstić information content (AvgIpc) is 2.99. The summed E-state index contributed by atoms with van der Waals surface area (Å²) in [5, 5.41) is 0. The first kappa shape index (κ1) is 19.3. The van der Waals surface area contributed by atoms with E-state index in [0.29, 0.717) is 35.5 Å². The molecule has 2 aromatic rings. The molecule has 0 bridgehead atoms. The van der Waals surface area contributed by atoms with Crippen molar-refractivity contribution < 1.29 is 13.9 Å². The molecule has 4 heteroatoms. The Kier molecular flexibility index (Phi) is 8.13. The van der Waals surface area contributed by atoms with E-state index in [1.807, 2.05) is 45.0 Å². The highest BCUT2D eigenvalue weighted by molar-refractivity contribution is 5.35. The molecule has 1 aromatic heterocycles. The minimum Gasteiger partial charge on any atom is -0.485 e. The number of benzene rings is 1. The minimum absolute atomic E-state index is 0.320. The summed E-state index contributed by atoms with van der Waals surface area (Å²) in [7, 11) is 0. The first-order valence-corrected chi connectivity index (χ1v) is 7.87. The Balaban J connectivity index is 0.00000139. The van der Waals surface area contributed by atoms with Crippen LogP contribution in [0.3, 0.4) is 0 Å². The lowest BCUT2D eigenvalue weighted by molar-refractivity contribution is 0.266. The van der Waals surface area contributed by atoms with Crippen LogP contribution in [0.2, 0.25) is 0 Å². The Morgan fingerprint density at radius 1 is 1.21 bits per heavy atom. The Bertz CT molecular complexity index is 698. The van der Waals surface area contributed by atoms with Crippen LogP contribution in [0.15, 0.2) is 71.5 Å². The number of nitrogens with zero attached hydrogens (tertiary/aromatic N) is 1. The van der Waals surface area contributed by atoms with Gasteiger partial charge in [0.15, 0.2) is 11.7 Å². The normalized spacial score (nSPS) is 10.0. The molecule has 0 fully saturated rings. The van der Waals surface area contributed by atoms with Gasteiger partial charge in [-0.2, -0.15) is 0 Å². The van der Waals surface area contributed by atoms with Crippen molar-refractivity contribution in [2.75, 3.05) is 0 Å². The molecule has 128 valence electrons. The van der Waals surface area contributed by atoms with Crippen LogP contribution < -0.4 is 9.47 Å². The summed E-state index contributed by atoms with van der Waals surface area (Å²) >= 11 is 0. The average molecular weight is 327 g/mol. The van der Waals surface area contributed by atoms with E-state index in [-0.39, 0.29) is 0 Å². The third-order valence-electron chi connectivity index (χ3n) is 2.66. The van der Waals surface area contributed by atoms with E-state index in [2.05, 4.69) is 18.1 Å². The van der Waals surface area contributed by atoms with Crippen LogP contribution in [0.1, 0.15) is 32.4 Å². The molecular weight excluding hydrogens is 302 g/mol. The van der Waals surface area contributed by atoms with E-state index in [0.717, 1.165) is 5.57 Å². The van der Waals surface area contributed by atoms with Gasteiger partial charge in [0.2, 0.25) is 0 Å². The molecule has 4 nitrogen and oxygen atoms in total. The first-order chi connectivity index (χ1) is 11.5. The van der Waals surface area contributed by atoms with Gasteiger partial charge in [-0.05, 0) is 25.1 Å². The fraction of sp³-hybridized carbons (Fsp3) is 0.250. The van der Waals surface area contributed by atoms with E-state index in [9.17, 15) is 0 Å². The molecule has 0 saturated carbocycles. The Hall–Kier alpha value is -2.75. The molecule has 0 unspecified atom stereocenters. The lowest BCUT2D eigenvalue weighted by atomic mass is 10.3. The van der Waals surface area contributed by atoms with Crippen molar-refractivity contribution >= 4 is 0 Å². The Labute approximate surface area is 144 Å². The quantitative estimate of drug-likeness (QED) is 0.489. The zero-order chi connectivity index (χ0) is 17.9. The van der Waals surface area contributed by atoms with Crippen LogP contribution in [-0.4, -0.2) is 4.98 Å². The standard InChI is InChI=1S/C18H19NO3.C2H6/c1-13(2)8-9-14(3)21-17-7-5-6-16(10-17)20-12-18-11-19-15(4)22-18;1-2/h5-11H,1,3,12H2,2,4H3;1-2H3/b9-8-;. The molecule has 0 saturated heterocycles. The van der Waals surface area contributed by atoms with Gasteiger partial charge in [-0.15, -0.1) is 0 Å². The smallest absolute Gasteiger partial charge is 0.191 e. The number of oxazole rings is 1. The summed E-state index contributed by atoms with van der Waals surface area (Å²) in [5.74, 6) is 3.17. The zero-order valence-corrected chi connectivity index (χ0v) is 14.8. The molecule has 0 aliphatic carbocycles. The molecule has 0 atom stereocenters. The molecule has 0 aliphatic rings. The molecule has 2 rings (SSSR count). The second kappa shape index (κ2) is 10.1. The van der Waals surface area contributed by atoms with E-state index in [1.54, 1.807) is 25.3 Å². The van der Waals surface area contributed by atoms with Crippen molar-refractivity contribution in [3.05, 3.63) is 78.8 Å². The Morgan fingerprint density at radius 3 is 2.54 bits per heavy atom. The van der Waals surface area contributed by atoms with Gasteiger partial charge in [0.25, 0.3) is 0 Å². The minimum atomic E-state index is 0.320. The van der Waals surface area contributed by atoms with Crippen LogP contribution >= 0.6 is 0 Å². The first-order valence-electron chi connectivity index (χ1n) is 7.87. The van der Waals surface area contributed by atoms with Crippen LogP contribution in [0.25, 0.3) is 0 Å². The molecule has 0 radical (unpaired) electrons. The third kappa shape index (κ3) is 7.01. The highest BCUT2D eigenvalue weighted by Crippen LogP contribution is 2.22. The van der Waals surface area contributed by atoms with Crippen LogP contribution in [0, 0.1) is 6.92 Å². The van der Waals surface area contributed by atoms with Gasteiger partial charge >= 0.3 is 0 Å². The van der Waals surface area contributed by atoms with E-state index < -0.39 is 0 Å². The lowest BCUT2D eigenvalue weighted by Gasteiger charge is -2.08. The third-order valence-corrected chi connectivity index (χ3v) is 2.66. The van der Waals surface area contributed by atoms with Crippen molar-refractivity contribution in [3.8, 4) is 11.5 Å². The highest BCUT2D eigenvalue weighted by Gasteiger charge is 2.03. The number of allylic oxidation sites excluding steroid dienone is 3. The van der Waals surface area contributed by atoms with Crippen molar-refractivity contribution in [2.24, 2.45) is 0 Å².